The van der Waals surface area contributed by atoms with Gasteiger partial charge in [0.15, 0.2) is 24.2 Å². The maximum Gasteiger partial charge on any atom is 0.341 e. The molecule has 0 bridgehead atoms. The topological polar surface area (TPSA) is 94.5 Å². The minimum absolute atomic E-state index is 0.0225. The Bertz CT molecular complexity index is 1450. The molecule has 3 aromatic rings. The number of aliphatic hydroxyl groups excluding tert-OH is 1. The van der Waals surface area contributed by atoms with Crippen molar-refractivity contribution in [3.8, 4) is 17.2 Å². The van der Waals surface area contributed by atoms with Crippen LogP contribution in [0.4, 0.5) is 0 Å². The Morgan fingerprint density at radius 2 is 1.68 bits per heavy atom. The summed E-state index contributed by atoms with van der Waals surface area (Å²) in [4.78, 5) is 11.3. The molecule has 1 fully saturated rings. The molecule has 5 atom stereocenters. The van der Waals surface area contributed by atoms with Gasteiger partial charge in [-0.05, 0) is 60.5 Å². The van der Waals surface area contributed by atoms with E-state index in [2.05, 4.69) is 50.8 Å². The highest BCUT2D eigenvalue weighted by Crippen LogP contribution is 2.52. The first-order valence-electron chi connectivity index (χ1n) is 16.9. The molecule has 0 amide bonds. The van der Waals surface area contributed by atoms with Gasteiger partial charge in [-0.25, -0.2) is 4.79 Å². The molecule has 2 aliphatic rings. The first kappa shape index (κ1) is 34.5. The molecule has 1 aliphatic heterocycles. The van der Waals surface area contributed by atoms with E-state index in [4.69, 9.17) is 18.6 Å². The standard InChI is InChI=1S/C39H47O7Si/c1-4-6-15-28(3)25-30(40)23-24-39(46-47(31-17-10-8-11-18-31)32-19-12-9-13-20-32)29(16-7-5-2)26-35-38(39)45-34-22-14-21-33(37(34)44-35)43-27-36(41)42/h8-14,17-24,29-30,35,38,40H,3-7,15-16,25-27H2,1-2H3,(H,41,42)/t29-,30+,35+,38-,39+/m1/s1. The molecule has 8 heteroatoms. The smallest absolute Gasteiger partial charge is 0.341 e. The largest absolute Gasteiger partial charge is 0.479 e. The van der Waals surface area contributed by atoms with E-state index in [9.17, 15) is 15.0 Å². The van der Waals surface area contributed by atoms with Gasteiger partial charge in [-0.1, -0.05) is 124 Å². The molecule has 0 aromatic heterocycles. The van der Waals surface area contributed by atoms with E-state index in [-0.39, 0.29) is 12.0 Å². The lowest BCUT2D eigenvalue weighted by Gasteiger charge is -2.43. The highest BCUT2D eigenvalue weighted by atomic mass is 28.3. The Morgan fingerprint density at radius 1 is 1.00 bits per heavy atom. The van der Waals surface area contributed by atoms with Crippen molar-refractivity contribution < 1.29 is 33.6 Å². The van der Waals surface area contributed by atoms with E-state index in [1.165, 1.54) is 0 Å². The van der Waals surface area contributed by atoms with E-state index in [0.717, 1.165) is 54.5 Å². The van der Waals surface area contributed by atoms with Crippen molar-refractivity contribution in [1.82, 2.24) is 0 Å². The van der Waals surface area contributed by atoms with Crippen LogP contribution in [0.3, 0.4) is 0 Å². The predicted molar refractivity (Wildman–Crippen MR) is 186 cm³/mol. The second-order valence-corrected chi connectivity index (χ2v) is 14.6. The summed E-state index contributed by atoms with van der Waals surface area (Å²) in [7, 11) is -1.81. The van der Waals surface area contributed by atoms with Gasteiger partial charge in [0.1, 0.15) is 11.7 Å². The first-order valence-corrected chi connectivity index (χ1v) is 18.3. The fourth-order valence-corrected chi connectivity index (χ4v) is 8.89. The fraction of sp³-hybridized carbons (Fsp3) is 0.410. The Labute approximate surface area is 280 Å². The van der Waals surface area contributed by atoms with Crippen LogP contribution in [0.5, 0.6) is 17.2 Å². The molecule has 3 aromatic carbocycles. The minimum atomic E-state index is -1.81. The Morgan fingerprint density at radius 3 is 2.32 bits per heavy atom. The van der Waals surface area contributed by atoms with Crippen LogP contribution in [0.25, 0.3) is 0 Å². The van der Waals surface area contributed by atoms with Gasteiger partial charge in [-0.2, -0.15) is 0 Å². The van der Waals surface area contributed by atoms with Crippen LogP contribution in [-0.4, -0.2) is 55.7 Å². The normalized spacial score (nSPS) is 22.3. The van der Waals surface area contributed by atoms with Crippen molar-refractivity contribution in [2.75, 3.05) is 6.61 Å². The maximum absolute atomic E-state index is 11.3. The zero-order chi connectivity index (χ0) is 33.2. The van der Waals surface area contributed by atoms with Gasteiger partial charge in [0.2, 0.25) is 5.75 Å². The first-order chi connectivity index (χ1) is 22.8. The minimum Gasteiger partial charge on any atom is -0.479 e. The second kappa shape index (κ2) is 16.3. The van der Waals surface area contributed by atoms with Gasteiger partial charge in [0, 0.05) is 0 Å². The number of unbranched alkanes of at least 4 members (excludes halogenated alkanes) is 2. The zero-order valence-corrected chi connectivity index (χ0v) is 28.5. The maximum atomic E-state index is 11.3. The number of carboxylic acid groups (broad SMARTS) is 1. The van der Waals surface area contributed by atoms with Gasteiger partial charge in [0.25, 0.3) is 9.04 Å². The molecule has 1 heterocycles. The molecule has 5 rings (SSSR count). The average molecular weight is 656 g/mol. The summed E-state index contributed by atoms with van der Waals surface area (Å²) < 4.78 is 26.7. The Hall–Kier alpha value is -3.85. The highest BCUT2D eigenvalue weighted by molar-refractivity contribution is 6.80. The lowest BCUT2D eigenvalue weighted by Crippen LogP contribution is -2.59. The molecule has 1 radical (unpaired) electrons. The van der Waals surface area contributed by atoms with Crippen molar-refractivity contribution >= 4 is 25.4 Å². The fourth-order valence-electron chi connectivity index (χ4n) is 6.63. The van der Waals surface area contributed by atoms with Crippen LogP contribution in [-0.2, 0) is 9.22 Å². The average Bonchev–Trinajstić information content (AvgIpc) is 3.38. The number of benzene rings is 3. The number of aliphatic carboxylic acids is 1. The van der Waals surface area contributed by atoms with E-state index in [1.54, 1.807) is 12.1 Å². The van der Waals surface area contributed by atoms with Crippen molar-refractivity contribution in [1.29, 1.82) is 0 Å². The van der Waals surface area contributed by atoms with Crippen LogP contribution >= 0.6 is 0 Å². The highest BCUT2D eigenvalue weighted by Gasteiger charge is 2.60. The zero-order valence-electron chi connectivity index (χ0n) is 27.5. The van der Waals surface area contributed by atoms with Crippen LogP contribution in [0.1, 0.15) is 65.2 Å². The lowest BCUT2D eigenvalue weighted by molar-refractivity contribution is -0.139. The molecular formula is C39H47O7Si. The number of carbonyl (C=O) groups is 1. The quantitative estimate of drug-likeness (QED) is 0.127. The molecule has 0 unspecified atom stereocenters. The second-order valence-electron chi connectivity index (χ2n) is 12.5. The van der Waals surface area contributed by atoms with Crippen LogP contribution in [0, 0.1) is 5.92 Å². The third-order valence-corrected chi connectivity index (χ3v) is 11.2. The molecule has 2 N–H and O–H groups in total. The van der Waals surface area contributed by atoms with Gasteiger partial charge < -0.3 is 28.8 Å². The summed E-state index contributed by atoms with van der Waals surface area (Å²) in [5, 5.41) is 22.8. The third kappa shape index (κ3) is 8.36. The summed E-state index contributed by atoms with van der Waals surface area (Å²) >= 11 is 0. The van der Waals surface area contributed by atoms with Crippen molar-refractivity contribution in [3.05, 3.63) is 103 Å². The molecule has 1 saturated carbocycles. The summed E-state index contributed by atoms with van der Waals surface area (Å²) in [5.74, 6) is 0.181. The molecule has 7 nitrogen and oxygen atoms in total. The Kier molecular flexibility index (Phi) is 12.0. The molecule has 47 heavy (non-hydrogen) atoms. The monoisotopic (exact) mass is 655 g/mol. The summed E-state index contributed by atoms with van der Waals surface area (Å²) in [6.45, 7) is 8.08. The number of ether oxygens (including phenoxy) is 3. The molecule has 0 spiro atoms. The SMILES string of the molecule is C=C(CCCC)C[C@@H](O)C=C[C@]1(O[Si](c2ccccc2)c2ccccc2)[C@H](CCCC)C[C@@H]2Oc3c(OCC(=O)O)cccc3O[C@H]21. The van der Waals surface area contributed by atoms with Crippen molar-refractivity contribution in [2.45, 2.75) is 89.1 Å². The van der Waals surface area contributed by atoms with Gasteiger partial charge in [-0.3, -0.25) is 0 Å². The number of para-hydroxylation sites is 1. The van der Waals surface area contributed by atoms with E-state index >= 15 is 0 Å². The summed E-state index contributed by atoms with van der Waals surface area (Å²) in [6.07, 6.45) is 9.39. The number of fused-ring (bicyclic) bond motifs is 2. The van der Waals surface area contributed by atoms with E-state index in [1.807, 2.05) is 48.5 Å². The number of aliphatic hydroxyl groups is 1. The van der Waals surface area contributed by atoms with Crippen LogP contribution < -0.4 is 24.6 Å². The molecule has 249 valence electrons. The third-order valence-electron chi connectivity index (χ3n) is 8.97. The summed E-state index contributed by atoms with van der Waals surface area (Å²) in [5.41, 5.74) is 0.102. The van der Waals surface area contributed by atoms with Crippen LogP contribution in [0.15, 0.2) is 103 Å². The predicted octanol–water partition coefficient (Wildman–Crippen LogP) is 6.48. The molecule has 0 saturated heterocycles. The van der Waals surface area contributed by atoms with Crippen LogP contribution in [0.2, 0.25) is 0 Å². The van der Waals surface area contributed by atoms with Gasteiger partial charge >= 0.3 is 5.97 Å². The summed E-state index contributed by atoms with van der Waals surface area (Å²) in [6, 6.07) is 26.0. The van der Waals surface area contributed by atoms with Gasteiger partial charge in [-0.15, -0.1) is 0 Å². The number of rotatable bonds is 17. The van der Waals surface area contributed by atoms with E-state index in [0.29, 0.717) is 30.1 Å². The number of carboxylic acids is 1. The van der Waals surface area contributed by atoms with Crippen molar-refractivity contribution in [2.24, 2.45) is 5.92 Å². The lowest BCUT2D eigenvalue weighted by atomic mass is 9.84. The number of hydrogen-bond donors (Lipinski definition) is 2. The van der Waals surface area contributed by atoms with Gasteiger partial charge in [0.05, 0.1) is 6.10 Å². The van der Waals surface area contributed by atoms with Crippen molar-refractivity contribution in [3.63, 3.8) is 0 Å². The molecular weight excluding hydrogens is 609 g/mol. The Balaban J connectivity index is 1.59. The molecule has 1 aliphatic carbocycles. The number of hydrogen-bond acceptors (Lipinski definition) is 6. The van der Waals surface area contributed by atoms with E-state index < -0.39 is 39.4 Å².